The van der Waals surface area contributed by atoms with Gasteiger partial charge >= 0.3 is 0 Å². The number of hydrogen-bond donors (Lipinski definition) is 1. The molecule has 0 saturated heterocycles. The van der Waals surface area contributed by atoms with Crippen LogP contribution in [-0.2, 0) is 19.1 Å². The minimum Gasteiger partial charge on any atom is -0.381 e. The maximum Gasteiger partial charge on any atom is 0.222 e. The second-order valence-electron chi connectivity index (χ2n) is 9.24. The van der Waals surface area contributed by atoms with Gasteiger partial charge in [0.05, 0.1) is 12.7 Å². The molecule has 2 fully saturated rings. The molecule has 0 aliphatic heterocycles. The Morgan fingerprint density at radius 2 is 1.64 bits per heavy atom. The highest BCUT2D eigenvalue weighted by Gasteiger charge is 2.36. The molecular weight excluding hydrogens is 354 g/mol. The Balaban J connectivity index is 0.00000420. The van der Waals surface area contributed by atoms with E-state index in [0.717, 1.165) is 32.5 Å². The van der Waals surface area contributed by atoms with Gasteiger partial charge in [-0.25, -0.2) is 0 Å². The van der Waals surface area contributed by atoms with Crippen LogP contribution in [0.15, 0.2) is 0 Å². The standard InChI is InChI=1S/C23H41NO4.H2/c1-5-17(4)23(26)20-12-21(13-20)24-22(25)10-11-27-14-18-6-8-19(9-7-18)15-28-16(2)3;/h16-21H,5-15H2,1-4H3,(H,24,25);1H. The zero-order valence-electron chi connectivity index (χ0n) is 18.4. The lowest BCUT2D eigenvalue weighted by Crippen LogP contribution is -2.47. The van der Waals surface area contributed by atoms with Gasteiger partial charge in [-0.05, 0) is 70.6 Å². The summed E-state index contributed by atoms with van der Waals surface area (Å²) < 4.78 is 11.5. The quantitative estimate of drug-likeness (QED) is 0.496. The van der Waals surface area contributed by atoms with Gasteiger partial charge in [0.25, 0.3) is 0 Å². The maximum absolute atomic E-state index is 12.1. The summed E-state index contributed by atoms with van der Waals surface area (Å²) in [6, 6.07) is 0.175. The van der Waals surface area contributed by atoms with E-state index in [0.29, 0.717) is 36.8 Å². The summed E-state index contributed by atoms with van der Waals surface area (Å²) in [4.78, 5) is 24.1. The van der Waals surface area contributed by atoms with E-state index >= 15 is 0 Å². The molecule has 0 aromatic heterocycles. The molecule has 0 heterocycles. The molecule has 0 bridgehead atoms. The van der Waals surface area contributed by atoms with Crippen molar-refractivity contribution in [3.63, 3.8) is 0 Å². The normalized spacial score (nSPS) is 28.6. The minimum atomic E-state index is 0. The fraction of sp³-hybridized carbons (Fsp3) is 0.913. The molecule has 1 atom stereocenters. The van der Waals surface area contributed by atoms with Crippen molar-refractivity contribution in [3.05, 3.63) is 0 Å². The molecule has 1 amide bonds. The number of ketones is 1. The predicted octanol–water partition coefficient (Wildman–Crippen LogP) is 4.38. The maximum atomic E-state index is 12.1. The van der Waals surface area contributed by atoms with Gasteiger partial charge in [-0.3, -0.25) is 9.59 Å². The molecule has 0 aromatic rings. The van der Waals surface area contributed by atoms with Crippen LogP contribution in [0.25, 0.3) is 0 Å². The van der Waals surface area contributed by atoms with E-state index in [2.05, 4.69) is 19.2 Å². The zero-order valence-corrected chi connectivity index (χ0v) is 18.4. The number of Topliss-reactive ketones (excluding diaryl/α,β-unsaturated/α-hetero) is 1. The molecule has 0 spiro atoms. The Kier molecular flexibility index (Phi) is 9.93. The molecule has 2 rings (SSSR count). The van der Waals surface area contributed by atoms with Crippen molar-refractivity contribution in [1.82, 2.24) is 5.32 Å². The summed E-state index contributed by atoms with van der Waals surface area (Å²) in [5, 5.41) is 3.04. The van der Waals surface area contributed by atoms with Gasteiger partial charge in [-0.15, -0.1) is 0 Å². The number of nitrogens with one attached hydrogen (secondary N) is 1. The highest BCUT2D eigenvalue weighted by atomic mass is 16.5. The van der Waals surface area contributed by atoms with Gasteiger partial charge in [0.2, 0.25) is 5.91 Å². The Labute approximate surface area is 172 Å². The summed E-state index contributed by atoms with van der Waals surface area (Å²) in [6.45, 7) is 10.4. The summed E-state index contributed by atoms with van der Waals surface area (Å²) in [6.07, 6.45) is 8.09. The highest BCUT2D eigenvalue weighted by Crippen LogP contribution is 2.31. The van der Waals surface area contributed by atoms with Crippen LogP contribution in [0.5, 0.6) is 0 Å². The second-order valence-corrected chi connectivity index (χ2v) is 9.24. The van der Waals surface area contributed by atoms with Crippen LogP contribution < -0.4 is 5.32 Å². The minimum absolute atomic E-state index is 0. The molecule has 0 radical (unpaired) electrons. The third-order valence-corrected chi connectivity index (χ3v) is 6.46. The largest absolute Gasteiger partial charge is 0.381 e. The molecule has 1 N–H and O–H groups in total. The van der Waals surface area contributed by atoms with E-state index in [1.165, 1.54) is 25.7 Å². The Hall–Kier alpha value is -0.940. The van der Waals surface area contributed by atoms with Gasteiger partial charge in [0, 0.05) is 38.9 Å². The summed E-state index contributed by atoms with van der Waals surface area (Å²) in [7, 11) is 0. The van der Waals surface area contributed by atoms with Crippen LogP contribution in [0.3, 0.4) is 0 Å². The Morgan fingerprint density at radius 1 is 1.04 bits per heavy atom. The lowest BCUT2D eigenvalue weighted by atomic mass is 9.74. The highest BCUT2D eigenvalue weighted by molar-refractivity contribution is 5.84. The second kappa shape index (κ2) is 11.9. The average Bonchev–Trinajstić information content (AvgIpc) is 2.65. The van der Waals surface area contributed by atoms with Gasteiger partial charge in [-0.1, -0.05) is 13.8 Å². The number of ether oxygens (including phenoxy) is 2. The van der Waals surface area contributed by atoms with E-state index in [1.807, 2.05) is 13.8 Å². The van der Waals surface area contributed by atoms with Crippen molar-refractivity contribution < 1.29 is 20.5 Å². The first-order valence-corrected chi connectivity index (χ1v) is 11.4. The summed E-state index contributed by atoms with van der Waals surface area (Å²) in [5.41, 5.74) is 0. The van der Waals surface area contributed by atoms with Gasteiger partial charge in [0.1, 0.15) is 5.78 Å². The topological polar surface area (TPSA) is 64.6 Å². The smallest absolute Gasteiger partial charge is 0.222 e. The number of hydrogen-bond acceptors (Lipinski definition) is 4. The molecule has 2 aliphatic carbocycles. The zero-order chi connectivity index (χ0) is 20.5. The number of amides is 1. The molecule has 164 valence electrons. The Morgan fingerprint density at radius 3 is 2.21 bits per heavy atom. The van der Waals surface area contributed by atoms with Crippen LogP contribution in [-0.4, -0.2) is 43.7 Å². The number of carbonyl (C=O) groups is 2. The average molecular weight is 398 g/mol. The van der Waals surface area contributed by atoms with E-state index in [1.54, 1.807) is 0 Å². The molecular formula is C23H43NO4. The molecule has 2 aliphatic rings. The third-order valence-electron chi connectivity index (χ3n) is 6.46. The van der Waals surface area contributed by atoms with Crippen LogP contribution in [0.4, 0.5) is 0 Å². The molecule has 2 saturated carbocycles. The molecule has 1 unspecified atom stereocenters. The SMILES string of the molecule is CCC(C)C(=O)C1CC(NC(=O)CCOCC2CCC(COC(C)C)CC2)C1.[HH]. The monoisotopic (exact) mass is 397 g/mol. The van der Waals surface area contributed by atoms with Gasteiger partial charge in [-0.2, -0.15) is 0 Å². The van der Waals surface area contributed by atoms with E-state index in [9.17, 15) is 9.59 Å². The van der Waals surface area contributed by atoms with Crippen molar-refractivity contribution in [2.75, 3.05) is 19.8 Å². The van der Waals surface area contributed by atoms with Crippen molar-refractivity contribution >= 4 is 11.7 Å². The molecule has 5 heteroatoms. The molecule has 5 nitrogen and oxygen atoms in total. The van der Waals surface area contributed by atoms with Crippen LogP contribution >= 0.6 is 0 Å². The summed E-state index contributed by atoms with van der Waals surface area (Å²) in [5.74, 6) is 2.03. The predicted molar refractivity (Wildman–Crippen MR) is 113 cm³/mol. The lowest BCUT2D eigenvalue weighted by Gasteiger charge is -2.36. The van der Waals surface area contributed by atoms with Crippen molar-refractivity contribution in [2.24, 2.45) is 23.7 Å². The first-order chi connectivity index (χ1) is 13.4. The van der Waals surface area contributed by atoms with E-state index in [-0.39, 0.29) is 25.2 Å². The fourth-order valence-electron chi connectivity index (χ4n) is 4.18. The molecule has 28 heavy (non-hydrogen) atoms. The van der Waals surface area contributed by atoms with Gasteiger partial charge in [0.15, 0.2) is 0 Å². The number of rotatable bonds is 12. The lowest BCUT2D eigenvalue weighted by molar-refractivity contribution is -0.132. The van der Waals surface area contributed by atoms with Crippen molar-refractivity contribution in [1.29, 1.82) is 0 Å². The van der Waals surface area contributed by atoms with E-state index in [4.69, 9.17) is 9.47 Å². The molecule has 0 aromatic carbocycles. The van der Waals surface area contributed by atoms with Crippen LogP contribution in [0.1, 0.15) is 80.5 Å². The van der Waals surface area contributed by atoms with Crippen LogP contribution in [0.2, 0.25) is 0 Å². The Bertz CT molecular complexity index is 485. The van der Waals surface area contributed by atoms with Gasteiger partial charge < -0.3 is 14.8 Å². The first kappa shape index (κ1) is 23.3. The van der Waals surface area contributed by atoms with E-state index < -0.39 is 0 Å². The first-order valence-electron chi connectivity index (χ1n) is 11.4. The van der Waals surface area contributed by atoms with Crippen molar-refractivity contribution in [3.8, 4) is 0 Å². The van der Waals surface area contributed by atoms with Crippen LogP contribution in [0, 0.1) is 23.7 Å². The third kappa shape index (κ3) is 7.82. The fourth-order valence-corrected chi connectivity index (χ4v) is 4.18. The van der Waals surface area contributed by atoms with Crippen molar-refractivity contribution in [2.45, 2.75) is 91.2 Å². The number of carbonyl (C=O) groups excluding carboxylic acids is 2. The summed E-state index contributed by atoms with van der Waals surface area (Å²) >= 11 is 0.